The summed E-state index contributed by atoms with van der Waals surface area (Å²) in [6, 6.07) is 0. The summed E-state index contributed by atoms with van der Waals surface area (Å²) >= 11 is 0. The smallest absolute Gasteiger partial charge is 0.219 e. The second-order valence-corrected chi connectivity index (χ2v) is 5.30. The molecule has 100 valence electrons. The van der Waals surface area contributed by atoms with E-state index in [1.807, 2.05) is 27.7 Å². The third-order valence-electron chi connectivity index (χ3n) is 2.52. The first-order valence-electron chi connectivity index (χ1n) is 5.88. The van der Waals surface area contributed by atoms with Crippen molar-refractivity contribution in [2.45, 2.75) is 39.5 Å². The minimum Gasteiger partial charge on any atom is -0.383 e. The minimum atomic E-state index is -0.349. The number of rotatable bonds is 4. The quantitative estimate of drug-likeness (QED) is 0.738. The summed E-state index contributed by atoms with van der Waals surface area (Å²) in [5, 5.41) is 3.07. The second kappa shape index (κ2) is 5.20. The molecule has 0 aliphatic heterocycles. The molecule has 0 unspecified atom stereocenters. The third-order valence-corrected chi connectivity index (χ3v) is 2.52. The molecule has 1 heterocycles. The maximum atomic E-state index is 10.7. The molecule has 0 atom stereocenters. The molecular formula is C12H21N5O. The molecule has 1 aromatic rings. The zero-order valence-electron chi connectivity index (χ0n) is 11.4. The predicted molar refractivity (Wildman–Crippen MR) is 72.2 cm³/mol. The lowest BCUT2D eigenvalue weighted by Gasteiger charge is -2.19. The van der Waals surface area contributed by atoms with E-state index in [1.54, 1.807) is 0 Å². The van der Waals surface area contributed by atoms with Crippen molar-refractivity contribution in [3.8, 4) is 0 Å². The largest absolute Gasteiger partial charge is 0.383 e. The highest BCUT2D eigenvalue weighted by molar-refractivity contribution is 5.74. The number of nitrogens with zero attached hydrogens (tertiary/aromatic N) is 2. The molecule has 0 aliphatic rings. The molecule has 1 aromatic heterocycles. The van der Waals surface area contributed by atoms with Crippen molar-refractivity contribution in [1.82, 2.24) is 9.97 Å². The highest BCUT2D eigenvalue weighted by Gasteiger charge is 2.20. The molecule has 0 saturated heterocycles. The summed E-state index contributed by atoms with van der Waals surface area (Å²) in [6.07, 6.45) is 0.258. The van der Waals surface area contributed by atoms with Crippen molar-refractivity contribution in [3.05, 3.63) is 11.4 Å². The van der Waals surface area contributed by atoms with E-state index in [0.717, 1.165) is 5.56 Å². The van der Waals surface area contributed by atoms with Gasteiger partial charge in [0.05, 0.1) is 0 Å². The molecule has 5 N–H and O–H groups in total. The van der Waals surface area contributed by atoms with Crippen LogP contribution in [0.15, 0.2) is 0 Å². The summed E-state index contributed by atoms with van der Waals surface area (Å²) in [5.74, 6) is 1.44. The van der Waals surface area contributed by atoms with Crippen LogP contribution in [0.4, 0.5) is 11.6 Å². The average molecular weight is 251 g/mol. The Morgan fingerprint density at radius 1 is 1.33 bits per heavy atom. The molecule has 0 radical (unpaired) electrons. The van der Waals surface area contributed by atoms with E-state index in [-0.39, 0.29) is 17.7 Å². The minimum absolute atomic E-state index is 0.179. The second-order valence-electron chi connectivity index (χ2n) is 5.30. The Morgan fingerprint density at radius 3 is 2.44 bits per heavy atom. The summed E-state index contributed by atoms with van der Waals surface area (Å²) < 4.78 is 0. The zero-order valence-corrected chi connectivity index (χ0v) is 11.4. The van der Waals surface area contributed by atoms with Crippen LogP contribution in [0.1, 0.15) is 38.6 Å². The van der Waals surface area contributed by atoms with Crippen molar-refractivity contribution in [1.29, 1.82) is 0 Å². The van der Waals surface area contributed by atoms with Crippen molar-refractivity contribution in [2.75, 3.05) is 17.6 Å². The van der Waals surface area contributed by atoms with Gasteiger partial charge in [0.1, 0.15) is 17.5 Å². The number of primary amides is 1. The Labute approximate surface area is 107 Å². The van der Waals surface area contributed by atoms with E-state index in [9.17, 15) is 4.79 Å². The van der Waals surface area contributed by atoms with E-state index in [4.69, 9.17) is 11.5 Å². The number of nitrogens with two attached hydrogens (primary N) is 2. The van der Waals surface area contributed by atoms with Crippen LogP contribution >= 0.6 is 0 Å². The van der Waals surface area contributed by atoms with Crippen LogP contribution in [-0.2, 0) is 10.2 Å². The van der Waals surface area contributed by atoms with Gasteiger partial charge in [-0.3, -0.25) is 4.79 Å². The molecule has 0 aliphatic carbocycles. The van der Waals surface area contributed by atoms with Crippen LogP contribution in [0.25, 0.3) is 0 Å². The van der Waals surface area contributed by atoms with Gasteiger partial charge < -0.3 is 16.8 Å². The summed E-state index contributed by atoms with van der Waals surface area (Å²) in [6.45, 7) is 8.34. The molecule has 1 rings (SSSR count). The first-order valence-corrected chi connectivity index (χ1v) is 5.88. The monoisotopic (exact) mass is 251 g/mol. The molecule has 0 aromatic carbocycles. The number of amides is 1. The Bertz CT molecular complexity index is 451. The summed E-state index contributed by atoms with van der Waals surface area (Å²) in [7, 11) is 0. The molecule has 6 nitrogen and oxygen atoms in total. The fraction of sp³-hybridized carbons (Fsp3) is 0.583. The van der Waals surface area contributed by atoms with Gasteiger partial charge in [-0.15, -0.1) is 0 Å². The van der Waals surface area contributed by atoms with E-state index in [2.05, 4.69) is 15.3 Å². The van der Waals surface area contributed by atoms with Crippen molar-refractivity contribution in [3.63, 3.8) is 0 Å². The van der Waals surface area contributed by atoms with Crippen LogP contribution in [0, 0.1) is 6.92 Å². The number of hydrogen-bond acceptors (Lipinski definition) is 5. The van der Waals surface area contributed by atoms with Crippen molar-refractivity contribution >= 4 is 17.5 Å². The zero-order chi connectivity index (χ0) is 13.9. The molecule has 0 fully saturated rings. The number of hydrogen-bond donors (Lipinski definition) is 3. The molecule has 6 heteroatoms. The van der Waals surface area contributed by atoms with E-state index >= 15 is 0 Å². The maximum Gasteiger partial charge on any atom is 0.219 e. The van der Waals surface area contributed by atoms with Crippen LogP contribution in [-0.4, -0.2) is 22.4 Å². The Morgan fingerprint density at radius 2 is 1.94 bits per heavy atom. The van der Waals surface area contributed by atoms with Crippen LogP contribution < -0.4 is 16.8 Å². The lowest BCUT2D eigenvalue weighted by atomic mass is 9.95. The number of carbonyl (C=O) groups is 1. The van der Waals surface area contributed by atoms with Gasteiger partial charge in [0.25, 0.3) is 0 Å². The normalized spacial score (nSPS) is 11.3. The standard InChI is InChI=1S/C12H21N5O/c1-7-9(14)16-11(12(2,3)4)17-10(7)15-6-5-8(13)18/h5-6H2,1-4H3,(H2,13,18)(H3,14,15,16,17). The van der Waals surface area contributed by atoms with E-state index < -0.39 is 0 Å². The van der Waals surface area contributed by atoms with Crippen LogP contribution in [0.5, 0.6) is 0 Å². The summed E-state index contributed by atoms with van der Waals surface area (Å²) in [5.41, 5.74) is 11.6. The van der Waals surface area contributed by atoms with Gasteiger partial charge in [-0.1, -0.05) is 20.8 Å². The van der Waals surface area contributed by atoms with E-state index in [0.29, 0.717) is 24.0 Å². The van der Waals surface area contributed by atoms with Gasteiger partial charge in [0.2, 0.25) is 5.91 Å². The number of nitrogen functional groups attached to an aromatic ring is 1. The first-order chi connectivity index (χ1) is 8.21. The highest BCUT2D eigenvalue weighted by Crippen LogP contribution is 2.24. The number of nitrogens with one attached hydrogen (secondary N) is 1. The van der Waals surface area contributed by atoms with Crippen LogP contribution in [0.3, 0.4) is 0 Å². The molecule has 18 heavy (non-hydrogen) atoms. The Balaban J connectivity index is 2.96. The van der Waals surface area contributed by atoms with Gasteiger partial charge in [-0.25, -0.2) is 9.97 Å². The van der Waals surface area contributed by atoms with Gasteiger partial charge >= 0.3 is 0 Å². The van der Waals surface area contributed by atoms with Gasteiger partial charge in [0, 0.05) is 23.9 Å². The SMILES string of the molecule is Cc1c(N)nc(C(C)(C)C)nc1NCCC(N)=O. The highest BCUT2D eigenvalue weighted by atomic mass is 16.1. The molecule has 0 spiro atoms. The van der Waals surface area contributed by atoms with Crippen LogP contribution in [0.2, 0.25) is 0 Å². The predicted octanol–water partition coefficient (Wildman–Crippen LogP) is 0.952. The molecule has 0 saturated carbocycles. The number of anilines is 2. The lowest BCUT2D eigenvalue weighted by molar-refractivity contribution is -0.117. The Hall–Kier alpha value is -1.85. The van der Waals surface area contributed by atoms with Gasteiger partial charge in [-0.2, -0.15) is 0 Å². The lowest BCUT2D eigenvalue weighted by Crippen LogP contribution is -2.21. The van der Waals surface area contributed by atoms with Gasteiger partial charge in [-0.05, 0) is 6.92 Å². The van der Waals surface area contributed by atoms with E-state index in [1.165, 1.54) is 0 Å². The molecule has 0 bridgehead atoms. The number of aromatic nitrogens is 2. The fourth-order valence-corrected chi connectivity index (χ4v) is 1.35. The fourth-order valence-electron chi connectivity index (χ4n) is 1.35. The molecular weight excluding hydrogens is 230 g/mol. The van der Waals surface area contributed by atoms with Crippen molar-refractivity contribution < 1.29 is 4.79 Å². The summed E-state index contributed by atoms with van der Waals surface area (Å²) in [4.78, 5) is 19.4. The number of carbonyl (C=O) groups excluding carboxylic acids is 1. The topological polar surface area (TPSA) is 107 Å². The van der Waals surface area contributed by atoms with Gasteiger partial charge in [0.15, 0.2) is 0 Å². The first kappa shape index (κ1) is 14.2. The maximum absolute atomic E-state index is 10.7. The molecule has 1 amide bonds. The third kappa shape index (κ3) is 3.58. The average Bonchev–Trinajstić information content (AvgIpc) is 2.22. The van der Waals surface area contributed by atoms with Crippen molar-refractivity contribution in [2.24, 2.45) is 5.73 Å². The Kier molecular flexibility index (Phi) is 4.11.